The van der Waals surface area contributed by atoms with Crippen molar-refractivity contribution in [1.29, 1.82) is 0 Å². The van der Waals surface area contributed by atoms with Gasteiger partial charge in [0, 0.05) is 24.7 Å². The van der Waals surface area contributed by atoms with Gasteiger partial charge in [-0.3, -0.25) is 4.90 Å². The highest BCUT2D eigenvalue weighted by atomic mass is 15.2. The second-order valence-electron chi connectivity index (χ2n) is 6.91. The summed E-state index contributed by atoms with van der Waals surface area (Å²) < 4.78 is 0. The van der Waals surface area contributed by atoms with E-state index < -0.39 is 0 Å². The van der Waals surface area contributed by atoms with Crippen molar-refractivity contribution in [2.24, 2.45) is 5.92 Å². The molecule has 0 aromatic carbocycles. The van der Waals surface area contributed by atoms with E-state index in [0.717, 1.165) is 12.0 Å². The Morgan fingerprint density at radius 1 is 1.22 bits per heavy atom. The summed E-state index contributed by atoms with van der Waals surface area (Å²) in [7, 11) is 0. The van der Waals surface area contributed by atoms with E-state index in [1.807, 2.05) is 0 Å². The van der Waals surface area contributed by atoms with E-state index in [2.05, 4.69) is 31.0 Å². The molecule has 18 heavy (non-hydrogen) atoms. The highest BCUT2D eigenvalue weighted by molar-refractivity contribution is 4.91. The first-order valence-corrected chi connectivity index (χ1v) is 8.12. The van der Waals surface area contributed by atoms with Gasteiger partial charge in [0.1, 0.15) is 0 Å². The molecular formula is C16H32N2. The minimum atomic E-state index is 0.502. The minimum Gasteiger partial charge on any atom is -0.314 e. The molecule has 1 aliphatic heterocycles. The fourth-order valence-corrected chi connectivity index (χ4v) is 3.78. The standard InChI is InChI=1S/C16H32N2/c1-4-15-8-11-18(13-14(2)12-17-15)16(3)9-6-5-7-10-16/h14-15,17H,4-13H2,1-3H3. The van der Waals surface area contributed by atoms with Crippen LogP contribution in [0.5, 0.6) is 0 Å². The smallest absolute Gasteiger partial charge is 0.0181 e. The summed E-state index contributed by atoms with van der Waals surface area (Å²) in [6, 6.07) is 0.738. The van der Waals surface area contributed by atoms with Crippen LogP contribution in [0.2, 0.25) is 0 Å². The Labute approximate surface area is 114 Å². The van der Waals surface area contributed by atoms with Crippen LogP contribution in [0.15, 0.2) is 0 Å². The molecule has 0 radical (unpaired) electrons. The van der Waals surface area contributed by atoms with E-state index in [1.165, 1.54) is 64.6 Å². The molecular weight excluding hydrogens is 220 g/mol. The Morgan fingerprint density at radius 2 is 1.94 bits per heavy atom. The topological polar surface area (TPSA) is 15.3 Å². The van der Waals surface area contributed by atoms with E-state index in [0.29, 0.717) is 5.54 Å². The van der Waals surface area contributed by atoms with Crippen molar-refractivity contribution in [3.8, 4) is 0 Å². The van der Waals surface area contributed by atoms with E-state index in [1.54, 1.807) is 0 Å². The SMILES string of the molecule is CCC1CCN(C2(C)CCCCC2)CC(C)CN1. The molecule has 1 saturated heterocycles. The maximum absolute atomic E-state index is 3.73. The van der Waals surface area contributed by atoms with Crippen LogP contribution in [-0.4, -0.2) is 36.1 Å². The molecule has 2 atom stereocenters. The Morgan fingerprint density at radius 3 is 2.61 bits per heavy atom. The Balaban J connectivity index is 2.00. The van der Waals surface area contributed by atoms with Crippen molar-refractivity contribution < 1.29 is 0 Å². The van der Waals surface area contributed by atoms with Crippen LogP contribution < -0.4 is 5.32 Å². The van der Waals surface area contributed by atoms with Gasteiger partial charge in [-0.05, 0) is 45.1 Å². The lowest BCUT2D eigenvalue weighted by Gasteiger charge is -2.47. The molecule has 0 amide bonds. The molecule has 2 heteroatoms. The average Bonchev–Trinajstić information content (AvgIpc) is 2.35. The molecule has 1 aliphatic carbocycles. The van der Waals surface area contributed by atoms with Gasteiger partial charge < -0.3 is 5.32 Å². The zero-order valence-corrected chi connectivity index (χ0v) is 12.7. The van der Waals surface area contributed by atoms with E-state index in [9.17, 15) is 0 Å². The maximum Gasteiger partial charge on any atom is 0.0181 e. The van der Waals surface area contributed by atoms with Gasteiger partial charge in [-0.1, -0.05) is 33.1 Å². The lowest BCUT2D eigenvalue weighted by Crippen LogP contribution is -2.53. The van der Waals surface area contributed by atoms with Crippen LogP contribution in [0.3, 0.4) is 0 Å². The fourth-order valence-electron chi connectivity index (χ4n) is 3.78. The maximum atomic E-state index is 3.73. The predicted molar refractivity (Wildman–Crippen MR) is 78.9 cm³/mol. The molecule has 0 aromatic heterocycles. The third kappa shape index (κ3) is 3.48. The number of rotatable bonds is 2. The van der Waals surface area contributed by atoms with Crippen molar-refractivity contribution in [3.63, 3.8) is 0 Å². The zero-order valence-electron chi connectivity index (χ0n) is 12.7. The molecule has 2 rings (SSSR count). The van der Waals surface area contributed by atoms with Crippen molar-refractivity contribution in [1.82, 2.24) is 10.2 Å². The second-order valence-corrected chi connectivity index (χ2v) is 6.91. The van der Waals surface area contributed by atoms with Crippen LogP contribution in [0.1, 0.15) is 65.7 Å². The first kappa shape index (κ1) is 14.3. The van der Waals surface area contributed by atoms with E-state index >= 15 is 0 Å². The molecule has 2 nitrogen and oxygen atoms in total. The van der Waals surface area contributed by atoms with Gasteiger partial charge in [0.2, 0.25) is 0 Å². The van der Waals surface area contributed by atoms with Gasteiger partial charge in [0.15, 0.2) is 0 Å². The third-order valence-electron chi connectivity index (χ3n) is 5.22. The summed E-state index contributed by atoms with van der Waals surface area (Å²) in [5, 5.41) is 3.73. The zero-order chi connectivity index (χ0) is 13.0. The largest absolute Gasteiger partial charge is 0.314 e. The van der Waals surface area contributed by atoms with Crippen molar-refractivity contribution in [2.75, 3.05) is 19.6 Å². The molecule has 2 fully saturated rings. The second kappa shape index (κ2) is 6.38. The van der Waals surface area contributed by atoms with Gasteiger partial charge in [-0.2, -0.15) is 0 Å². The summed E-state index contributed by atoms with van der Waals surface area (Å²) >= 11 is 0. The quantitative estimate of drug-likeness (QED) is 0.810. The summed E-state index contributed by atoms with van der Waals surface area (Å²) in [6.07, 6.45) is 9.79. The lowest BCUT2D eigenvalue weighted by atomic mass is 9.81. The molecule has 0 bridgehead atoms. The summed E-state index contributed by atoms with van der Waals surface area (Å²) in [4.78, 5) is 2.83. The van der Waals surface area contributed by atoms with E-state index in [-0.39, 0.29) is 0 Å². The lowest BCUT2D eigenvalue weighted by molar-refractivity contribution is 0.0418. The van der Waals surface area contributed by atoms with Gasteiger partial charge in [0.05, 0.1) is 0 Å². The Bertz CT molecular complexity index is 245. The first-order valence-electron chi connectivity index (χ1n) is 8.12. The first-order chi connectivity index (χ1) is 8.64. The van der Waals surface area contributed by atoms with Crippen LogP contribution in [-0.2, 0) is 0 Å². The number of hydrogen-bond acceptors (Lipinski definition) is 2. The predicted octanol–water partition coefficient (Wildman–Crippen LogP) is 3.42. The van der Waals surface area contributed by atoms with Crippen molar-refractivity contribution in [3.05, 3.63) is 0 Å². The summed E-state index contributed by atoms with van der Waals surface area (Å²) in [6.45, 7) is 11.0. The van der Waals surface area contributed by atoms with Crippen LogP contribution in [0, 0.1) is 5.92 Å². The summed E-state index contributed by atoms with van der Waals surface area (Å²) in [5.74, 6) is 0.790. The molecule has 1 saturated carbocycles. The van der Waals surface area contributed by atoms with Gasteiger partial charge in [-0.25, -0.2) is 0 Å². The number of nitrogens with zero attached hydrogens (tertiary/aromatic N) is 1. The molecule has 106 valence electrons. The molecule has 0 spiro atoms. The monoisotopic (exact) mass is 252 g/mol. The fraction of sp³-hybridized carbons (Fsp3) is 1.00. The van der Waals surface area contributed by atoms with Gasteiger partial charge in [0.25, 0.3) is 0 Å². The Hall–Kier alpha value is -0.0800. The minimum absolute atomic E-state index is 0.502. The van der Waals surface area contributed by atoms with Gasteiger partial charge >= 0.3 is 0 Å². The van der Waals surface area contributed by atoms with Crippen molar-refractivity contribution in [2.45, 2.75) is 77.3 Å². The van der Waals surface area contributed by atoms with Crippen LogP contribution in [0.25, 0.3) is 0 Å². The summed E-state index contributed by atoms with van der Waals surface area (Å²) in [5.41, 5.74) is 0.502. The molecule has 2 unspecified atom stereocenters. The molecule has 2 aliphatic rings. The molecule has 1 N–H and O–H groups in total. The normalized spacial score (nSPS) is 34.8. The Kier molecular flexibility index (Phi) is 5.08. The highest BCUT2D eigenvalue weighted by Crippen LogP contribution is 2.34. The van der Waals surface area contributed by atoms with E-state index in [4.69, 9.17) is 0 Å². The van der Waals surface area contributed by atoms with Crippen LogP contribution >= 0.6 is 0 Å². The van der Waals surface area contributed by atoms with Crippen molar-refractivity contribution >= 4 is 0 Å². The average molecular weight is 252 g/mol. The molecule has 1 heterocycles. The van der Waals surface area contributed by atoms with Gasteiger partial charge in [-0.15, -0.1) is 0 Å². The highest BCUT2D eigenvalue weighted by Gasteiger charge is 2.34. The third-order valence-corrected chi connectivity index (χ3v) is 5.22. The number of nitrogens with one attached hydrogen (secondary N) is 1. The van der Waals surface area contributed by atoms with Crippen LogP contribution in [0.4, 0.5) is 0 Å². The number of hydrogen-bond donors (Lipinski definition) is 1. The molecule has 0 aromatic rings.